The van der Waals surface area contributed by atoms with E-state index in [0.717, 1.165) is 5.56 Å². The summed E-state index contributed by atoms with van der Waals surface area (Å²) in [5, 5.41) is 10.7. The van der Waals surface area contributed by atoms with Crippen LogP contribution in [0.1, 0.15) is 16.7 Å². The SMILES string of the molecule is O=C(/N=C(/OCc1ccccc1)c1ccccc1)OCc1ccc([N+](=O)[O-])cc1. The fourth-order valence-corrected chi connectivity index (χ4v) is 2.46. The lowest BCUT2D eigenvalue weighted by Crippen LogP contribution is -2.11. The van der Waals surface area contributed by atoms with Crippen molar-refractivity contribution < 1.29 is 19.2 Å². The second kappa shape index (κ2) is 9.80. The zero-order valence-electron chi connectivity index (χ0n) is 15.4. The molecule has 0 aromatic heterocycles. The number of non-ortho nitro benzene ring substituents is 1. The number of nitro groups is 1. The first-order chi connectivity index (χ1) is 14.1. The van der Waals surface area contributed by atoms with E-state index in [1.807, 2.05) is 48.5 Å². The number of carbonyl (C=O) groups excluding carboxylic acids is 1. The van der Waals surface area contributed by atoms with Gasteiger partial charge in [0.15, 0.2) is 0 Å². The Morgan fingerprint density at radius 2 is 1.34 bits per heavy atom. The van der Waals surface area contributed by atoms with Gasteiger partial charge in [0.25, 0.3) is 5.69 Å². The largest absolute Gasteiger partial charge is 0.472 e. The molecule has 3 rings (SSSR count). The van der Waals surface area contributed by atoms with Gasteiger partial charge in [0.2, 0.25) is 5.90 Å². The second-order valence-corrected chi connectivity index (χ2v) is 6.04. The van der Waals surface area contributed by atoms with Gasteiger partial charge < -0.3 is 9.47 Å². The van der Waals surface area contributed by atoms with Crippen LogP contribution < -0.4 is 0 Å². The van der Waals surface area contributed by atoms with Crippen molar-refractivity contribution in [1.82, 2.24) is 0 Å². The van der Waals surface area contributed by atoms with Crippen LogP contribution in [0.2, 0.25) is 0 Å². The van der Waals surface area contributed by atoms with Gasteiger partial charge in [0, 0.05) is 17.7 Å². The predicted molar refractivity (Wildman–Crippen MR) is 107 cm³/mol. The lowest BCUT2D eigenvalue weighted by atomic mass is 10.2. The van der Waals surface area contributed by atoms with E-state index in [0.29, 0.717) is 11.1 Å². The van der Waals surface area contributed by atoms with E-state index < -0.39 is 11.0 Å². The number of carbonyl (C=O) groups is 1. The van der Waals surface area contributed by atoms with E-state index in [2.05, 4.69) is 4.99 Å². The summed E-state index contributed by atoms with van der Waals surface area (Å²) < 4.78 is 10.9. The summed E-state index contributed by atoms with van der Waals surface area (Å²) in [5.41, 5.74) is 2.18. The average molecular weight is 390 g/mol. The van der Waals surface area contributed by atoms with Crippen LogP contribution in [-0.4, -0.2) is 16.9 Å². The van der Waals surface area contributed by atoms with Crippen LogP contribution in [0.5, 0.6) is 0 Å². The van der Waals surface area contributed by atoms with Crippen LogP contribution >= 0.6 is 0 Å². The van der Waals surface area contributed by atoms with Crippen LogP contribution in [0.15, 0.2) is 89.9 Å². The molecule has 29 heavy (non-hydrogen) atoms. The first-order valence-corrected chi connectivity index (χ1v) is 8.83. The number of benzene rings is 3. The molecule has 146 valence electrons. The third-order valence-corrected chi connectivity index (χ3v) is 3.94. The highest BCUT2D eigenvalue weighted by molar-refractivity contribution is 5.99. The van der Waals surface area contributed by atoms with Gasteiger partial charge in [-0.05, 0) is 35.4 Å². The molecule has 3 aromatic carbocycles. The fraction of sp³-hybridized carbons (Fsp3) is 0.0909. The van der Waals surface area contributed by atoms with E-state index in [-0.39, 0.29) is 24.8 Å². The van der Waals surface area contributed by atoms with Gasteiger partial charge in [-0.2, -0.15) is 0 Å². The van der Waals surface area contributed by atoms with Crippen molar-refractivity contribution in [2.45, 2.75) is 13.2 Å². The molecular weight excluding hydrogens is 372 g/mol. The van der Waals surface area contributed by atoms with Crippen molar-refractivity contribution in [1.29, 1.82) is 0 Å². The zero-order chi connectivity index (χ0) is 20.5. The molecule has 0 aliphatic carbocycles. The van der Waals surface area contributed by atoms with E-state index in [9.17, 15) is 14.9 Å². The first kappa shape index (κ1) is 19.8. The second-order valence-electron chi connectivity index (χ2n) is 6.04. The van der Waals surface area contributed by atoms with Gasteiger partial charge >= 0.3 is 6.09 Å². The molecule has 3 aromatic rings. The smallest absolute Gasteiger partial charge is 0.437 e. The van der Waals surface area contributed by atoms with Crippen LogP contribution in [0, 0.1) is 10.1 Å². The molecule has 0 saturated carbocycles. The molecule has 7 nitrogen and oxygen atoms in total. The Morgan fingerprint density at radius 3 is 1.97 bits per heavy atom. The lowest BCUT2D eigenvalue weighted by molar-refractivity contribution is -0.384. The highest BCUT2D eigenvalue weighted by Gasteiger charge is 2.11. The van der Waals surface area contributed by atoms with E-state index in [1.54, 1.807) is 12.1 Å². The van der Waals surface area contributed by atoms with Crippen molar-refractivity contribution in [3.63, 3.8) is 0 Å². The van der Waals surface area contributed by atoms with Crippen LogP contribution in [0.4, 0.5) is 10.5 Å². The number of nitro benzene ring substituents is 1. The molecule has 0 atom stereocenters. The molecule has 0 aliphatic heterocycles. The molecule has 0 fully saturated rings. The molecule has 0 heterocycles. The minimum Gasteiger partial charge on any atom is -0.472 e. The standard InChI is InChI=1S/C22H18N2O5/c25-22(29-16-18-11-13-20(14-12-18)24(26)27)23-21(19-9-5-2-6-10-19)28-15-17-7-3-1-4-8-17/h1-14H,15-16H2/b23-21+. The summed E-state index contributed by atoms with van der Waals surface area (Å²) in [6.07, 6.45) is -0.810. The quantitative estimate of drug-likeness (QED) is 0.258. The number of hydrogen-bond donors (Lipinski definition) is 0. The molecule has 0 bridgehead atoms. The highest BCUT2D eigenvalue weighted by atomic mass is 16.6. The maximum Gasteiger partial charge on any atom is 0.437 e. The van der Waals surface area contributed by atoms with Gasteiger partial charge in [-0.3, -0.25) is 10.1 Å². The number of aliphatic imine (C=N–C) groups is 1. The topological polar surface area (TPSA) is 91.0 Å². The lowest BCUT2D eigenvalue weighted by Gasteiger charge is -2.10. The third-order valence-electron chi connectivity index (χ3n) is 3.94. The van der Waals surface area contributed by atoms with Crippen molar-refractivity contribution in [3.8, 4) is 0 Å². The molecular formula is C22H18N2O5. The summed E-state index contributed by atoms with van der Waals surface area (Å²) >= 11 is 0. The normalized spacial score (nSPS) is 11.0. The maximum atomic E-state index is 12.2. The van der Waals surface area contributed by atoms with Crippen molar-refractivity contribution in [3.05, 3.63) is 112 Å². The minimum atomic E-state index is -0.810. The Morgan fingerprint density at radius 1 is 0.793 bits per heavy atom. The Labute approximate surface area is 167 Å². The molecule has 1 amide bonds. The number of rotatable bonds is 6. The Hall–Kier alpha value is -4.00. The maximum absolute atomic E-state index is 12.2. The molecule has 7 heteroatoms. The number of hydrogen-bond acceptors (Lipinski definition) is 5. The van der Waals surface area contributed by atoms with Gasteiger partial charge in [-0.1, -0.05) is 48.5 Å². The summed E-state index contributed by atoms with van der Waals surface area (Å²) in [6.45, 7) is 0.200. The summed E-state index contributed by atoms with van der Waals surface area (Å²) in [4.78, 5) is 26.3. The fourth-order valence-electron chi connectivity index (χ4n) is 2.46. The van der Waals surface area contributed by atoms with Gasteiger partial charge in [0.05, 0.1) is 4.92 Å². The Balaban J connectivity index is 1.67. The van der Waals surface area contributed by atoms with E-state index >= 15 is 0 Å². The Bertz CT molecular complexity index is 987. The monoisotopic (exact) mass is 390 g/mol. The predicted octanol–water partition coefficient (Wildman–Crippen LogP) is 4.90. The van der Waals surface area contributed by atoms with Crippen LogP contribution in [-0.2, 0) is 22.7 Å². The molecule has 0 aliphatic rings. The Kier molecular flexibility index (Phi) is 6.67. The molecule has 0 N–H and O–H groups in total. The third kappa shape index (κ3) is 6.00. The van der Waals surface area contributed by atoms with Crippen molar-refractivity contribution >= 4 is 17.7 Å². The average Bonchev–Trinajstić information content (AvgIpc) is 2.76. The summed E-state index contributed by atoms with van der Waals surface area (Å²) in [7, 11) is 0. The van der Waals surface area contributed by atoms with Gasteiger partial charge in [0.1, 0.15) is 13.2 Å². The molecule has 0 spiro atoms. The molecule has 0 unspecified atom stereocenters. The first-order valence-electron chi connectivity index (χ1n) is 8.83. The van der Waals surface area contributed by atoms with Crippen molar-refractivity contribution in [2.24, 2.45) is 4.99 Å². The number of amides is 1. The molecule has 0 saturated heterocycles. The summed E-state index contributed by atoms with van der Waals surface area (Å²) in [6, 6.07) is 24.3. The number of nitrogens with zero attached hydrogens (tertiary/aromatic N) is 2. The highest BCUT2D eigenvalue weighted by Crippen LogP contribution is 2.13. The van der Waals surface area contributed by atoms with Gasteiger partial charge in [-0.25, -0.2) is 4.79 Å². The van der Waals surface area contributed by atoms with Crippen molar-refractivity contribution in [2.75, 3.05) is 0 Å². The minimum absolute atomic E-state index is 0.0289. The van der Waals surface area contributed by atoms with E-state index in [1.165, 1.54) is 24.3 Å². The van der Waals surface area contributed by atoms with Crippen LogP contribution in [0.25, 0.3) is 0 Å². The van der Waals surface area contributed by atoms with Crippen LogP contribution in [0.3, 0.4) is 0 Å². The van der Waals surface area contributed by atoms with Gasteiger partial charge in [-0.15, -0.1) is 4.99 Å². The van der Waals surface area contributed by atoms with E-state index in [4.69, 9.17) is 9.47 Å². The molecule has 0 radical (unpaired) electrons. The summed E-state index contributed by atoms with van der Waals surface area (Å²) in [5.74, 6) is 0.156. The number of ether oxygens (including phenoxy) is 2. The zero-order valence-corrected chi connectivity index (χ0v) is 15.4.